The maximum absolute atomic E-state index is 5.80. The lowest BCUT2D eigenvalue weighted by atomic mass is 10.0. The van der Waals surface area contributed by atoms with Gasteiger partial charge in [-0.05, 0) is 36.9 Å². The van der Waals surface area contributed by atoms with E-state index < -0.39 is 0 Å². The van der Waals surface area contributed by atoms with Crippen LogP contribution >= 0.6 is 0 Å². The SMILES string of the molecule is COCCNCC(C)CCc1cccnc1N. The molecule has 0 saturated carbocycles. The highest BCUT2D eigenvalue weighted by Crippen LogP contribution is 2.13. The number of nitrogens with one attached hydrogen (secondary N) is 1. The molecule has 1 aromatic rings. The Labute approximate surface area is 104 Å². The summed E-state index contributed by atoms with van der Waals surface area (Å²) in [6.45, 7) is 4.94. The van der Waals surface area contributed by atoms with Crippen LogP contribution < -0.4 is 11.1 Å². The van der Waals surface area contributed by atoms with Crippen LogP contribution in [0.3, 0.4) is 0 Å². The van der Waals surface area contributed by atoms with Gasteiger partial charge in [0, 0.05) is 19.9 Å². The van der Waals surface area contributed by atoms with E-state index in [0.717, 1.165) is 38.1 Å². The van der Waals surface area contributed by atoms with Gasteiger partial charge in [-0.3, -0.25) is 0 Å². The zero-order valence-corrected chi connectivity index (χ0v) is 10.8. The van der Waals surface area contributed by atoms with E-state index >= 15 is 0 Å². The van der Waals surface area contributed by atoms with Gasteiger partial charge >= 0.3 is 0 Å². The van der Waals surface area contributed by atoms with Crippen LogP contribution in [0.25, 0.3) is 0 Å². The molecule has 3 N–H and O–H groups in total. The number of aryl methyl sites for hydroxylation is 1. The quantitative estimate of drug-likeness (QED) is 0.672. The van der Waals surface area contributed by atoms with E-state index in [-0.39, 0.29) is 0 Å². The Bertz CT molecular complexity index is 317. The Kier molecular flexibility index (Phi) is 6.58. The molecule has 1 rings (SSSR count). The summed E-state index contributed by atoms with van der Waals surface area (Å²) in [6, 6.07) is 3.99. The van der Waals surface area contributed by atoms with Crippen molar-refractivity contribution < 1.29 is 4.74 Å². The molecular formula is C13H23N3O. The first-order valence-electron chi connectivity index (χ1n) is 6.13. The highest BCUT2D eigenvalue weighted by molar-refractivity contribution is 5.38. The highest BCUT2D eigenvalue weighted by Gasteiger charge is 2.04. The second-order valence-corrected chi connectivity index (χ2v) is 4.39. The molecule has 0 amide bonds. The van der Waals surface area contributed by atoms with Gasteiger partial charge in [-0.2, -0.15) is 0 Å². The van der Waals surface area contributed by atoms with Crippen molar-refractivity contribution in [2.24, 2.45) is 5.92 Å². The third-order valence-electron chi connectivity index (χ3n) is 2.81. The van der Waals surface area contributed by atoms with Gasteiger partial charge in [0.2, 0.25) is 0 Å². The van der Waals surface area contributed by atoms with Crippen molar-refractivity contribution in [1.29, 1.82) is 0 Å². The number of pyridine rings is 1. The topological polar surface area (TPSA) is 60.2 Å². The first-order chi connectivity index (χ1) is 8.24. The molecule has 1 unspecified atom stereocenters. The molecule has 4 heteroatoms. The lowest BCUT2D eigenvalue weighted by molar-refractivity contribution is 0.198. The fourth-order valence-corrected chi connectivity index (χ4v) is 1.69. The Morgan fingerprint density at radius 3 is 3.06 bits per heavy atom. The fraction of sp³-hybridized carbons (Fsp3) is 0.615. The van der Waals surface area contributed by atoms with E-state index in [0.29, 0.717) is 11.7 Å². The number of ether oxygens (including phenoxy) is 1. The zero-order valence-electron chi connectivity index (χ0n) is 10.8. The molecular weight excluding hydrogens is 214 g/mol. The van der Waals surface area contributed by atoms with Crippen molar-refractivity contribution in [2.75, 3.05) is 32.5 Å². The van der Waals surface area contributed by atoms with Crippen molar-refractivity contribution in [3.8, 4) is 0 Å². The van der Waals surface area contributed by atoms with E-state index in [1.165, 1.54) is 0 Å². The molecule has 96 valence electrons. The summed E-state index contributed by atoms with van der Waals surface area (Å²) in [5, 5.41) is 3.37. The zero-order chi connectivity index (χ0) is 12.5. The van der Waals surface area contributed by atoms with E-state index in [4.69, 9.17) is 10.5 Å². The molecule has 0 bridgehead atoms. The molecule has 1 atom stereocenters. The summed E-state index contributed by atoms with van der Waals surface area (Å²) in [6.07, 6.45) is 3.84. The Morgan fingerprint density at radius 2 is 2.35 bits per heavy atom. The lowest BCUT2D eigenvalue weighted by Crippen LogP contribution is -2.25. The number of hydrogen-bond donors (Lipinski definition) is 2. The van der Waals surface area contributed by atoms with Crippen molar-refractivity contribution in [2.45, 2.75) is 19.8 Å². The smallest absolute Gasteiger partial charge is 0.126 e. The minimum atomic E-state index is 0.631. The summed E-state index contributed by atoms with van der Waals surface area (Å²) in [5.41, 5.74) is 6.95. The van der Waals surface area contributed by atoms with Gasteiger partial charge in [0.1, 0.15) is 5.82 Å². The van der Waals surface area contributed by atoms with E-state index in [2.05, 4.69) is 17.2 Å². The minimum Gasteiger partial charge on any atom is -0.383 e. The van der Waals surface area contributed by atoms with Crippen molar-refractivity contribution >= 4 is 5.82 Å². The average Bonchev–Trinajstić information content (AvgIpc) is 2.34. The van der Waals surface area contributed by atoms with Crippen molar-refractivity contribution in [1.82, 2.24) is 10.3 Å². The second kappa shape index (κ2) is 8.03. The van der Waals surface area contributed by atoms with Crippen molar-refractivity contribution in [3.63, 3.8) is 0 Å². The van der Waals surface area contributed by atoms with Gasteiger partial charge in [0.15, 0.2) is 0 Å². The number of rotatable bonds is 8. The summed E-state index contributed by atoms with van der Waals surface area (Å²) in [4.78, 5) is 4.09. The van der Waals surface area contributed by atoms with E-state index in [1.807, 2.05) is 12.1 Å². The van der Waals surface area contributed by atoms with Crippen LogP contribution in [-0.2, 0) is 11.2 Å². The van der Waals surface area contributed by atoms with E-state index in [1.54, 1.807) is 13.3 Å². The number of aromatic nitrogens is 1. The molecule has 1 heterocycles. The molecule has 0 fully saturated rings. The third-order valence-corrected chi connectivity index (χ3v) is 2.81. The largest absolute Gasteiger partial charge is 0.383 e. The predicted molar refractivity (Wildman–Crippen MR) is 70.9 cm³/mol. The van der Waals surface area contributed by atoms with Crippen LogP contribution in [0.4, 0.5) is 5.82 Å². The molecule has 0 aliphatic rings. The maximum atomic E-state index is 5.80. The molecule has 0 spiro atoms. The molecule has 17 heavy (non-hydrogen) atoms. The number of anilines is 1. The molecule has 0 aliphatic heterocycles. The molecule has 0 aromatic carbocycles. The highest BCUT2D eigenvalue weighted by atomic mass is 16.5. The molecule has 0 radical (unpaired) electrons. The van der Waals surface area contributed by atoms with Crippen LogP contribution in [0.15, 0.2) is 18.3 Å². The molecule has 1 aromatic heterocycles. The summed E-state index contributed by atoms with van der Waals surface area (Å²) >= 11 is 0. The average molecular weight is 237 g/mol. The summed E-state index contributed by atoms with van der Waals surface area (Å²) < 4.78 is 4.98. The monoisotopic (exact) mass is 237 g/mol. The number of methoxy groups -OCH3 is 1. The minimum absolute atomic E-state index is 0.631. The van der Waals surface area contributed by atoms with Crippen LogP contribution in [0.1, 0.15) is 18.9 Å². The summed E-state index contributed by atoms with van der Waals surface area (Å²) in [5.74, 6) is 1.29. The standard InChI is InChI=1S/C13H23N3O/c1-11(10-15-8-9-17-2)5-6-12-4-3-7-16-13(12)14/h3-4,7,11,15H,5-6,8-10H2,1-2H3,(H2,14,16). The maximum Gasteiger partial charge on any atom is 0.126 e. The van der Waals surface area contributed by atoms with Crippen LogP contribution in [0, 0.1) is 5.92 Å². The second-order valence-electron chi connectivity index (χ2n) is 4.39. The molecule has 0 aliphatic carbocycles. The fourth-order valence-electron chi connectivity index (χ4n) is 1.69. The third kappa shape index (κ3) is 5.65. The van der Waals surface area contributed by atoms with Gasteiger partial charge in [-0.25, -0.2) is 4.98 Å². The van der Waals surface area contributed by atoms with Crippen LogP contribution in [0.5, 0.6) is 0 Å². The Hall–Kier alpha value is -1.13. The van der Waals surface area contributed by atoms with Gasteiger partial charge in [-0.15, -0.1) is 0 Å². The number of nitrogens with zero attached hydrogens (tertiary/aromatic N) is 1. The number of hydrogen-bond acceptors (Lipinski definition) is 4. The van der Waals surface area contributed by atoms with Gasteiger partial charge in [0.05, 0.1) is 6.61 Å². The number of nitrogen functional groups attached to an aromatic ring is 1. The van der Waals surface area contributed by atoms with Crippen molar-refractivity contribution in [3.05, 3.63) is 23.9 Å². The molecule has 4 nitrogen and oxygen atoms in total. The van der Waals surface area contributed by atoms with E-state index in [9.17, 15) is 0 Å². The van der Waals surface area contributed by atoms with Crippen LogP contribution in [-0.4, -0.2) is 31.8 Å². The normalized spacial score (nSPS) is 12.6. The Balaban J connectivity index is 2.19. The summed E-state index contributed by atoms with van der Waals surface area (Å²) in [7, 11) is 1.72. The first kappa shape index (κ1) is 13.9. The van der Waals surface area contributed by atoms with Gasteiger partial charge in [-0.1, -0.05) is 13.0 Å². The molecule has 0 saturated heterocycles. The number of nitrogens with two attached hydrogens (primary N) is 1. The van der Waals surface area contributed by atoms with Gasteiger partial charge in [0.25, 0.3) is 0 Å². The van der Waals surface area contributed by atoms with Crippen LogP contribution in [0.2, 0.25) is 0 Å². The first-order valence-corrected chi connectivity index (χ1v) is 6.13. The Morgan fingerprint density at radius 1 is 1.53 bits per heavy atom. The lowest BCUT2D eigenvalue weighted by Gasteiger charge is -2.12. The van der Waals surface area contributed by atoms with Gasteiger partial charge < -0.3 is 15.8 Å². The predicted octanol–water partition coefficient (Wildman–Crippen LogP) is 1.47.